The van der Waals surface area contributed by atoms with Crippen LogP contribution >= 0.6 is 0 Å². The third kappa shape index (κ3) is 4.19. The van der Waals surface area contributed by atoms with Crippen LogP contribution in [0.15, 0.2) is 47.1 Å². The number of carbonyl (C=O) groups excluding carboxylic acids is 2. The first-order valence-electron chi connectivity index (χ1n) is 9.10. The predicted octanol–water partition coefficient (Wildman–Crippen LogP) is 3.91. The Bertz CT molecular complexity index is 988. The third-order valence-corrected chi connectivity index (χ3v) is 4.81. The van der Waals surface area contributed by atoms with E-state index in [4.69, 9.17) is 4.42 Å². The summed E-state index contributed by atoms with van der Waals surface area (Å²) in [6, 6.07) is 11.6. The molecule has 0 radical (unpaired) electrons. The molecule has 0 bridgehead atoms. The SMILES string of the molecule is CCc1ccccc1NC(=O)CNC(=O)Cc1coc2c(C)c(C)ccc12. The van der Waals surface area contributed by atoms with E-state index in [0.29, 0.717) is 0 Å². The van der Waals surface area contributed by atoms with Crippen molar-refractivity contribution >= 4 is 28.5 Å². The van der Waals surface area contributed by atoms with Crippen molar-refractivity contribution in [3.05, 3.63) is 64.9 Å². The summed E-state index contributed by atoms with van der Waals surface area (Å²) >= 11 is 0. The fourth-order valence-electron chi connectivity index (χ4n) is 3.08. The van der Waals surface area contributed by atoms with E-state index in [1.165, 1.54) is 0 Å². The molecule has 1 aromatic heterocycles. The van der Waals surface area contributed by atoms with Crippen molar-refractivity contribution in [2.24, 2.45) is 0 Å². The molecular formula is C22H24N2O3. The highest BCUT2D eigenvalue weighted by Crippen LogP contribution is 2.26. The van der Waals surface area contributed by atoms with Gasteiger partial charge in [0.1, 0.15) is 5.58 Å². The molecule has 0 spiro atoms. The van der Waals surface area contributed by atoms with Crippen LogP contribution < -0.4 is 10.6 Å². The Morgan fingerprint density at radius 3 is 2.56 bits per heavy atom. The molecule has 2 N–H and O–H groups in total. The monoisotopic (exact) mass is 364 g/mol. The topological polar surface area (TPSA) is 71.3 Å². The van der Waals surface area contributed by atoms with Gasteiger partial charge in [-0.05, 0) is 43.0 Å². The molecular weight excluding hydrogens is 340 g/mol. The quantitative estimate of drug-likeness (QED) is 0.697. The van der Waals surface area contributed by atoms with Crippen LogP contribution in [0.25, 0.3) is 11.0 Å². The summed E-state index contributed by atoms with van der Waals surface area (Å²) < 4.78 is 5.63. The molecule has 0 saturated heterocycles. The van der Waals surface area contributed by atoms with Gasteiger partial charge in [-0.3, -0.25) is 9.59 Å². The van der Waals surface area contributed by atoms with Gasteiger partial charge in [0.25, 0.3) is 0 Å². The Kier molecular flexibility index (Phi) is 5.60. The molecule has 0 fully saturated rings. The second-order valence-electron chi connectivity index (χ2n) is 6.66. The largest absolute Gasteiger partial charge is 0.464 e. The molecule has 0 saturated carbocycles. The number of hydrogen-bond donors (Lipinski definition) is 2. The smallest absolute Gasteiger partial charge is 0.243 e. The lowest BCUT2D eigenvalue weighted by molar-refractivity contribution is -0.123. The van der Waals surface area contributed by atoms with E-state index in [0.717, 1.165) is 45.3 Å². The number of furan rings is 1. The lowest BCUT2D eigenvalue weighted by Gasteiger charge is -2.10. The molecule has 5 heteroatoms. The Hall–Kier alpha value is -3.08. The summed E-state index contributed by atoms with van der Waals surface area (Å²) in [6.45, 7) is 6.00. The van der Waals surface area contributed by atoms with Crippen molar-refractivity contribution in [2.75, 3.05) is 11.9 Å². The number of anilines is 1. The van der Waals surface area contributed by atoms with Crippen LogP contribution in [0, 0.1) is 13.8 Å². The molecule has 0 aliphatic carbocycles. The summed E-state index contributed by atoms with van der Waals surface area (Å²) in [5.41, 5.74) is 5.71. The molecule has 3 rings (SSSR count). The normalized spacial score (nSPS) is 10.8. The Morgan fingerprint density at radius 1 is 1.00 bits per heavy atom. The molecule has 0 aliphatic heterocycles. The maximum atomic E-state index is 12.3. The highest BCUT2D eigenvalue weighted by Gasteiger charge is 2.14. The van der Waals surface area contributed by atoms with E-state index in [9.17, 15) is 9.59 Å². The number of para-hydroxylation sites is 1. The molecule has 0 atom stereocenters. The lowest BCUT2D eigenvalue weighted by atomic mass is 10.0. The van der Waals surface area contributed by atoms with Gasteiger partial charge in [0.05, 0.1) is 19.2 Å². The second kappa shape index (κ2) is 8.08. The van der Waals surface area contributed by atoms with Crippen LogP contribution in [-0.2, 0) is 22.4 Å². The molecule has 140 valence electrons. The van der Waals surface area contributed by atoms with Gasteiger partial charge in [0.15, 0.2) is 0 Å². The van der Waals surface area contributed by atoms with Crippen molar-refractivity contribution in [2.45, 2.75) is 33.6 Å². The fourth-order valence-corrected chi connectivity index (χ4v) is 3.08. The first-order valence-corrected chi connectivity index (χ1v) is 9.10. The standard InChI is InChI=1S/C22H24N2O3/c1-4-16-7-5-6-8-19(16)24-21(26)12-23-20(25)11-17-13-27-22-15(3)14(2)9-10-18(17)22/h5-10,13H,4,11-12H2,1-3H3,(H,23,25)(H,24,26). The minimum absolute atomic E-state index is 0.0647. The molecule has 27 heavy (non-hydrogen) atoms. The average Bonchev–Trinajstić information content (AvgIpc) is 3.07. The maximum absolute atomic E-state index is 12.3. The van der Waals surface area contributed by atoms with Crippen LogP contribution in [0.2, 0.25) is 0 Å². The van der Waals surface area contributed by atoms with E-state index in [2.05, 4.69) is 10.6 Å². The Labute approximate surface area is 158 Å². The van der Waals surface area contributed by atoms with Gasteiger partial charge in [-0.2, -0.15) is 0 Å². The van der Waals surface area contributed by atoms with E-state index >= 15 is 0 Å². The zero-order chi connectivity index (χ0) is 19.4. The summed E-state index contributed by atoms with van der Waals surface area (Å²) in [6.07, 6.45) is 2.62. The zero-order valence-electron chi connectivity index (χ0n) is 15.9. The van der Waals surface area contributed by atoms with E-state index in [1.807, 2.05) is 57.2 Å². The summed E-state index contributed by atoms with van der Waals surface area (Å²) in [4.78, 5) is 24.4. The Morgan fingerprint density at radius 2 is 1.78 bits per heavy atom. The zero-order valence-corrected chi connectivity index (χ0v) is 15.9. The summed E-state index contributed by atoms with van der Waals surface area (Å²) in [5.74, 6) is -0.456. The third-order valence-electron chi connectivity index (χ3n) is 4.81. The van der Waals surface area contributed by atoms with Crippen LogP contribution in [-0.4, -0.2) is 18.4 Å². The first-order chi connectivity index (χ1) is 13.0. The minimum atomic E-state index is -0.243. The first kappa shape index (κ1) is 18.7. The number of fused-ring (bicyclic) bond motifs is 1. The van der Waals surface area contributed by atoms with Crippen LogP contribution in [0.4, 0.5) is 5.69 Å². The number of rotatable bonds is 6. The molecule has 1 heterocycles. The molecule has 2 amide bonds. The average molecular weight is 364 g/mol. The number of amides is 2. The van der Waals surface area contributed by atoms with Crippen LogP contribution in [0.5, 0.6) is 0 Å². The highest BCUT2D eigenvalue weighted by molar-refractivity contribution is 5.96. The summed E-state index contributed by atoms with van der Waals surface area (Å²) in [7, 11) is 0. The number of carbonyl (C=O) groups is 2. The fraction of sp³-hybridized carbons (Fsp3) is 0.273. The van der Waals surface area contributed by atoms with Gasteiger partial charge in [-0.1, -0.05) is 37.3 Å². The van der Waals surface area contributed by atoms with E-state index in [1.54, 1.807) is 6.26 Å². The number of hydrogen-bond acceptors (Lipinski definition) is 3. The molecule has 0 aliphatic rings. The lowest BCUT2D eigenvalue weighted by Crippen LogP contribution is -2.33. The van der Waals surface area contributed by atoms with Gasteiger partial charge in [0, 0.05) is 16.6 Å². The number of aryl methyl sites for hydroxylation is 3. The highest BCUT2D eigenvalue weighted by atomic mass is 16.3. The minimum Gasteiger partial charge on any atom is -0.464 e. The van der Waals surface area contributed by atoms with Crippen molar-refractivity contribution in [3.63, 3.8) is 0 Å². The van der Waals surface area contributed by atoms with Gasteiger partial charge in [-0.25, -0.2) is 0 Å². The number of benzene rings is 2. The van der Waals surface area contributed by atoms with Gasteiger partial charge in [-0.15, -0.1) is 0 Å². The van der Waals surface area contributed by atoms with Crippen molar-refractivity contribution in [1.29, 1.82) is 0 Å². The maximum Gasteiger partial charge on any atom is 0.243 e. The van der Waals surface area contributed by atoms with E-state index < -0.39 is 0 Å². The van der Waals surface area contributed by atoms with Crippen molar-refractivity contribution in [3.8, 4) is 0 Å². The molecule has 5 nitrogen and oxygen atoms in total. The van der Waals surface area contributed by atoms with E-state index in [-0.39, 0.29) is 24.8 Å². The number of nitrogens with one attached hydrogen (secondary N) is 2. The molecule has 0 unspecified atom stereocenters. The van der Waals surface area contributed by atoms with Crippen LogP contribution in [0.1, 0.15) is 29.2 Å². The summed E-state index contributed by atoms with van der Waals surface area (Å²) in [5, 5.41) is 6.46. The molecule has 2 aromatic carbocycles. The predicted molar refractivity (Wildman–Crippen MR) is 107 cm³/mol. The van der Waals surface area contributed by atoms with Gasteiger partial charge in [0.2, 0.25) is 11.8 Å². The van der Waals surface area contributed by atoms with Crippen LogP contribution in [0.3, 0.4) is 0 Å². The van der Waals surface area contributed by atoms with Crippen molar-refractivity contribution < 1.29 is 14.0 Å². The second-order valence-corrected chi connectivity index (χ2v) is 6.66. The van der Waals surface area contributed by atoms with Gasteiger partial charge >= 0.3 is 0 Å². The van der Waals surface area contributed by atoms with Crippen molar-refractivity contribution in [1.82, 2.24) is 5.32 Å². The van der Waals surface area contributed by atoms with Gasteiger partial charge < -0.3 is 15.1 Å². The Balaban J connectivity index is 1.58. The molecule has 3 aromatic rings.